The highest BCUT2D eigenvalue weighted by Gasteiger charge is 2.43. The molecule has 13 heavy (non-hydrogen) atoms. The van der Waals surface area contributed by atoms with Crippen LogP contribution in [0.1, 0.15) is 18.4 Å². The number of isocyanates is 1. The van der Waals surface area contributed by atoms with Gasteiger partial charge in [-0.05, 0) is 18.4 Å². The van der Waals surface area contributed by atoms with Gasteiger partial charge in [-0.25, -0.2) is 9.79 Å². The zero-order chi connectivity index (χ0) is 9.15. The molecule has 2 nitrogen and oxygen atoms in total. The topological polar surface area (TPSA) is 29.4 Å². The van der Waals surface area contributed by atoms with Crippen LogP contribution in [0, 0.1) is 0 Å². The van der Waals surface area contributed by atoms with Crippen LogP contribution < -0.4 is 0 Å². The van der Waals surface area contributed by atoms with Gasteiger partial charge in [0.1, 0.15) is 0 Å². The molecule has 2 heteroatoms. The summed E-state index contributed by atoms with van der Waals surface area (Å²) in [5.74, 6) is 0. The molecule has 0 spiro atoms. The Kier molecular flexibility index (Phi) is 1.99. The summed E-state index contributed by atoms with van der Waals surface area (Å²) >= 11 is 0. The smallest absolute Gasteiger partial charge is 0.211 e. The minimum absolute atomic E-state index is 0.165. The van der Waals surface area contributed by atoms with Crippen molar-refractivity contribution in [2.45, 2.75) is 18.3 Å². The van der Waals surface area contributed by atoms with Crippen LogP contribution in [0.5, 0.6) is 0 Å². The van der Waals surface area contributed by atoms with Gasteiger partial charge in [-0.2, -0.15) is 0 Å². The molecule has 66 valence electrons. The Morgan fingerprint density at radius 3 is 2.54 bits per heavy atom. The van der Waals surface area contributed by atoms with Crippen molar-refractivity contribution >= 4 is 6.08 Å². The van der Waals surface area contributed by atoms with Gasteiger partial charge in [0.05, 0.1) is 6.54 Å². The van der Waals surface area contributed by atoms with Crippen molar-refractivity contribution in [3.63, 3.8) is 0 Å². The fraction of sp³-hybridized carbons (Fsp3) is 0.364. The number of hydrogen-bond donors (Lipinski definition) is 0. The predicted octanol–water partition coefficient (Wildman–Crippen LogP) is 2.05. The van der Waals surface area contributed by atoms with Gasteiger partial charge in [-0.3, -0.25) is 0 Å². The quantitative estimate of drug-likeness (QED) is 0.508. The Bertz CT molecular complexity index is 334. The van der Waals surface area contributed by atoms with E-state index in [0.717, 1.165) is 12.8 Å². The molecule has 2 rings (SSSR count). The predicted molar refractivity (Wildman–Crippen MR) is 50.3 cm³/mol. The van der Waals surface area contributed by atoms with Crippen LogP contribution in [0.4, 0.5) is 0 Å². The van der Waals surface area contributed by atoms with Gasteiger partial charge >= 0.3 is 0 Å². The Labute approximate surface area is 77.3 Å². The average Bonchev–Trinajstić information content (AvgIpc) is 2.97. The van der Waals surface area contributed by atoms with Gasteiger partial charge in [0.25, 0.3) is 0 Å². The second-order valence-corrected chi connectivity index (χ2v) is 3.55. The van der Waals surface area contributed by atoms with Gasteiger partial charge in [0.2, 0.25) is 6.08 Å². The maximum atomic E-state index is 10.0. The normalized spacial score (nSPS) is 17.5. The van der Waals surface area contributed by atoms with E-state index in [9.17, 15) is 4.79 Å². The summed E-state index contributed by atoms with van der Waals surface area (Å²) in [7, 11) is 0. The monoisotopic (exact) mass is 173 g/mol. The van der Waals surface area contributed by atoms with Gasteiger partial charge in [0, 0.05) is 5.41 Å². The lowest BCUT2D eigenvalue weighted by molar-refractivity contribution is 0.559. The van der Waals surface area contributed by atoms with E-state index in [0.29, 0.717) is 6.54 Å². The van der Waals surface area contributed by atoms with Crippen molar-refractivity contribution < 1.29 is 4.79 Å². The maximum absolute atomic E-state index is 10.0. The van der Waals surface area contributed by atoms with E-state index in [2.05, 4.69) is 17.1 Å². The minimum Gasteiger partial charge on any atom is -0.211 e. The highest BCUT2D eigenvalue weighted by Crippen LogP contribution is 2.48. The van der Waals surface area contributed by atoms with Crippen LogP contribution in [-0.4, -0.2) is 12.6 Å². The molecule has 1 fully saturated rings. The number of benzene rings is 1. The average molecular weight is 173 g/mol. The molecule has 0 radical (unpaired) electrons. The number of carbonyl (C=O) groups excluding carboxylic acids is 1. The molecule has 0 aromatic heterocycles. The number of hydrogen-bond acceptors (Lipinski definition) is 2. The van der Waals surface area contributed by atoms with E-state index in [-0.39, 0.29) is 5.41 Å². The minimum atomic E-state index is 0.165. The summed E-state index contributed by atoms with van der Waals surface area (Å²) in [6.45, 7) is 0.598. The molecule has 0 bridgehead atoms. The first-order chi connectivity index (χ1) is 6.37. The van der Waals surface area contributed by atoms with Crippen molar-refractivity contribution in [3.05, 3.63) is 35.9 Å². The van der Waals surface area contributed by atoms with Crippen molar-refractivity contribution in [3.8, 4) is 0 Å². The van der Waals surface area contributed by atoms with E-state index >= 15 is 0 Å². The SMILES string of the molecule is O=C=NCC1(c2ccccc2)CC1. The summed E-state index contributed by atoms with van der Waals surface area (Å²) in [6, 6.07) is 10.3. The second-order valence-electron chi connectivity index (χ2n) is 3.55. The Morgan fingerprint density at radius 2 is 2.00 bits per heavy atom. The number of nitrogens with zero attached hydrogens (tertiary/aromatic N) is 1. The van der Waals surface area contributed by atoms with E-state index in [4.69, 9.17) is 0 Å². The molecular formula is C11H11NO. The summed E-state index contributed by atoms with van der Waals surface area (Å²) < 4.78 is 0. The lowest BCUT2D eigenvalue weighted by Crippen LogP contribution is -2.10. The standard InChI is InChI=1S/C11H11NO/c13-9-12-8-11(6-7-11)10-4-2-1-3-5-10/h1-5H,6-8H2. The molecule has 1 aliphatic rings. The van der Waals surface area contributed by atoms with Crippen LogP contribution in [0.25, 0.3) is 0 Å². The second kappa shape index (κ2) is 3.15. The maximum Gasteiger partial charge on any atom is 0.234 e. The molecule has 0 atom stereocenters. The van der Waals surface area contributed by atoms with Crippen molar-refractivity contribution in [1.29, 1.82) is 0 Å². The van der Waals surface area contributed by atoms with E-state index in [1.807, 2.05) is 18.2 Å². The zero-order valence-electron chi connectivity index (χ0n) is 7.36. The van der Waals surface area contributed by atoms with Crippen LogP contribution in [-0.2, 0) is 10.2 Å². The van der Waals surface area contributed by atoms with Crippen LogP contribution in [0.3, 0.4) is 0 Å². The van der Waals surface area contributed by atoms with Crippen molar-refractivity contribution in [2.75, 3.05) is 6.54 Å². The summed E-state index contributed by atoms with van der Waals surface area (Å²) in [5.41, 5.74) is 1.47. The molecular weight excluding hydrogens is 162 g/mol. The molecule has 0 saturated heterocycles. The lowest BCUT2D eigenvalue weighted by Gasteiger charge is -2.10. The molecule has 1 aliphatic carbocycles. The largest absolute Gasteiger partial charge is 0.234 e. The van der Waals surface area contributed by atoms with Crippen LogP contribution in [0.15, 0.2) is 35.3 Å². The fourth-order valence-corrected chi connectivity index (χ4v) is 1.66. The third-order valence-corrected chi connectivity index (χ3v) is 2.69. The Morgan fingerprint density at radius 1 is 1.31 bits per heavy atom. The molecule has 1 aromatic carbocycles. The first kappa shape index (κ1) is 8.21. The zero-order valence-corrected chi connectivity index (χ0v) is 7.36. The molecule has 0 amide bonds. The molecule has 0 unspecified atom stereocenters. The van der Waals surface area contributed by atoms with Crippen molar-refractivity contribution in [1.82, 2.24) is 0 Å². The van der Waals surface area contributed by atoms with Crippen LogP contribution >= 0.6 is 0 Å². The van der Waals surface area contributed by atoms with Gasteiger partial charge in [-0.15, -0.1) is 0 Å². The number of rotatable bonds is 3. The summed E-state index contributed by atoms with van der Waals surface area (Å²) in [5, 5.41) is 0. The molecule has 0 heterocycles. The fourth-order valence-electron chi connectivity index (χ4n) is 1.66. The summed E-state index contributed by atoms with van der Waals surface area (Å²) in [6.07, 6.45) is 3.89. The first-order valence-electron chi connectivity index (χ1n) is 4.47. The summed E-state index contributed by atoms with van der Waals surface area (Å²) in [4.78, 5) is 13.7. The van der Waals surface area contributed by atoms with Gasteiger partial charge < -0.3 is 0 Å². The van der Waals surface area contributed by atoms with E-state index in [1.54, 1.807) is 6.08 Å². The third-order valence-electron chi connectivity index (χ3n) is 2.69. The molecule has 1 saturated carbocycles. The first-order valence-corrected chi connectivity index (χ1v) is 4.47. The Balaban J connectivity index is 2.21. The van der Waals surface area contributed by atoms with Crippen LogP contribution in [0.2, 0.25) is 0 Å². The lowest BCUT2D eigenvalue weighted by atomic mass is 9.96. The van der Waals surface area contributed by atoms with Gasteiger partial charge in [-0.1, -0.05) is 30.3 Å². The highest BCUT2D eigenvalue weighted by molar-refractivity contribution is 5.37. The van der Waals surface area contributed by atoms with E-state index < -0.39 is 0 Å². The third kappa shape index (κ3) is 1.53. The molecule has 1 aromatic rings. The van der Waals surface area contributed by atoms with Crippen molar-refractivity contribution in [2.24, 2.45) is 4.99 Å². The molecule has 0 N–H and O–H groups in total. The number of aliphatic imine (C=N–C) groups is 1. The Hall–Kier alpha value is -1.40. The highest BCUT2D eigenvalue weighted by atomic mass is 16.1. The van der Waals surface area contributed by atoms with E-state index in [1.165, 1.54) is 5.56 Å². The van der Waals surface area contributed by atoms with Gasteiger partial charge in [0.15, 0.2) is 0 Å². The molecule has 0 aliphatic heterocycles.